The van der Waals surface area contributed by atoms with Gasteiger partial charge >= 0.3 is 0 Å². The molecule has 0 bridgehead atoms. The van der Waals surface area contributed by atoms with Crippen LogP contribution in [0.2, 0.25) is 10.0 Å². The fourth-order valence-electron chi connectivity index (χ4n) is 1.48. The summed E-state index contributed by atoms with van der Waals surface area (Å²) >= 11 is 12.0. The molecule has 5 heteroatoms. The molecule has 2 N–H and O–H groups in total. The normalized spacial score (nSPS) is 10.4. The van der Waals surface area contributed by atoms with E-state index in [4.69, 9.17) is 33.7 Å². The Morgan fingerprint density at radius 3 is 2.67 bits per heavy atom. The zero-order chi connectivity index (χ0) is 13.1. The molecule has 0 saturated carbocycles. The predicted molar refractivity (Wildman–Crippen MR) is 73.4 cm³/mol. The summed E-state index contributed by atoms with van der Waals surface area (Å²) in [6.45, 7) is 2.30. The number of aryl methyl sites for hydroxylation is 1. The number of ether oxygens (including phenoxy) is 1. The molecule has 0 unspecified atom stereocenters. The highest BCUT2D eigenvalue weighted by Crippen LogP contribution is 2.30. The first-order chi connectivity index (χ1) is 8.60. The average molecular weight is 283 g/mol. The van der Waals surface area contributed by atoms with E-state index >= 15 is 0 Å². The fraction of sp³-hybridized carbons (Fsp3) is 0.154. The molecule has 3 nitrogen and oxygen atoms in total. The lowest BCUT2D eigenvalue weighted by molar-refractivity contribution is 0.459. The Hall–Kier alpha value is -1.29. The maximum absolute atomic E-state index is 6.07. The molecule has 1 aromatic heterocycles. The van der Waals surface area contributed by atoms with E-state index in [1.165, 1.54) is 0 Å². The summed E-state index contributed by atoms with van der Waals surface area (Å²) < 4.78 is 5.65. The molecule has 0 radical (unpaired) electrons. The molecule has 0 fully saturated rings. The summed E-state index contributed by atoms with van der Waals surface area (Å²) in [7, 11) is 0. The maximum atomic E-state index is 6.07. The minimum absolute atomic E-state index is 0.360. The van der Waals surface area contributed by atoms with E-state index in [1.807, 2.05) is 13.0 Å². The second-order valence-electron chi connectivity index (χ2n) is 3.85. The monoisotopic (exact) mass is 282 g/mol. The van der Waals surface area contributed by atoms with E-state index in [1.54, 1.807) is 24.4 Å². The summed E-state index contributed by atoms with van der Waals surface area (Å²) in [5.74, 6) is 1.04. The van der Waals surface area contributed by atoms with E-state index in [2.05, 4.69) is 4.98 Å². The third kappa shape index (κ3) is 2.93. The molecule has 18 heavy (non-hydrogen) atoms. The molecule has 0 aliphatic rings. The van der Waals surface area contributed by atoms with Gasteiger partial charge < -0.3 is 10.5 Å². The van der Waals surface area contributed by atoms with Crippen LogP contribution in [0, 0.1) is 6.92 Å². The maximum Gasteiger partial charge on any atom is 0.238 e. The second-order valence-corrected chi connectivity index (χ2v) is 4.69. The molecular weight excluding hydrogens is 271 g/mol. The molecule has 1 heterocycles. The van der Waals surface area contributed by atoms with Crippen LogP contribution in [0.5, 0.6) is 11.6 Å². The number of pyridine rings is 1. The predicted octanol–water partition coefficient (Wildman–Crippen LogP) is 3.95. The number of hydrogen-bond acceptors (Lipinski definition) is 3. The topological polar surface area (TPSA) is 48.1 Å². The van der Waals surface area contributed by atoms with Gasteiger partial charge in [-0.1, -0.05) is 23.2 Å². The first-order valence-corrected chi connectivity index (χ1v) is 6.14. The van der Waals surface area contributed by atoms with Gasteiger partial charge in [0.05, 0.1) is 0 Å². The van der Waals surface area contributed by atoms with Crippen molar-refractivity contribution in [1.29, 1.82) is 0 Å². The SMILES string of the molecule is Cc1cc(Cl)ccc1Oc1ncc(CN)cc1Cl. The van der Waals surface area contributed by atoms with E-state index in [0.29, 0.717) is 28.2 Å². The summed E-state index contributed by atoms with van der Waals surface area (Å²) in [5, 5.41) is 1.10. The van der Waals surface area contributed by atoms with Gasteiger partial charge in [0.15, 0.2) is 0 Å². The summed E-state index contributed by atoms with van der Waals surface area (Å²) in [6.07, 6.45) is 1.65. The lowest BCUT2D eigenvalue weighted by atomic mass is 10.2. The Labute approximate surface area is 115 Å². The van der Waals surface area contributed by atoms with Crippen LogP contribution in [-0.4, -0.2) is 4.98 Å². The summed E-state index contributed by atoms with van der Waals surface area (Å²) in [5.41, 5.74) is 7.29. The first-order valence-electron chi connectivity index (χ1n) is 5.38. The molecule has 1 aromatic carbocycles. The van der Waals surface area contributed by atoms with Crippen LogP contribution in [0.4, 0.5) is 0 Å². The molecule has 2 rings (SSSR count). The highest BCUT2D eigenvalue weighted by atomic mass is 35.5. The van der Waals surface area contributed by atoms with E-state index in [0.717, 1.165) is 11.1 Å². The fourth-order valence-corrected chi connectivity index (χ4v) is 1.94. The van der Waals surface area contributed by atoms with Crippen molar-refractivity contribution in [3.05, 3.63) is 51.6 Å². The Balaban J connectivity index is 2.28. The van der Waals surface area contributed by atoms with Crippen molar-refractivity contribution in [3.8, 4) is 11.6 Å². The smallest absolute Gasteiger partial charge is 0.238 e. The number of nitrogens with two attached hydrogens (primary N) is 1. The Kier molecular flexibility index (Phi) is 4.07. The zero-order valence-electron chi connectivity index (χ0n) is 9.78. The average Bonchev–Trinajstić information content (AvgIpc) is 2.34. The highest BCUT2D eigenvalue weighted by Gasteiger charge is 2.08. The Morgan fingerprint density at radius 2 is 2.06 bits per heavy atom. The van der Waals surface area contributed by atoms with Gasteiger partial charge in [-0.15, -0.1) is 0 Å². The molecule has 0 atom stereocenters. The van der Waals surface area contributed by atoms with Gasteiger partial charge in [-0.05, 0) is 42.3 Å². The minimum Gasteiger partial charge on any atom is -0.437 e. The van der Waals surface area contributed by atoms with Crippen LogP contribution < -0.4 is 10.5 Å². The third-order valence-corrected chi connectivity index (χ3v) is 2.95. The molecule has 0 aliphatic heterocycles. The van der Waals surface area contributed by atoms with Gasteiger partial charge in [-0.2, -0.15) is 0 Å². The number of hydrogen-bond donors (Lipinski definition) is 1. The van der Waals surface area contributed by atoms with Crippen molar-refractivity contribution in [2.45, 2.75) is 13.5 Å². The molecule has 0 amide bonds. The van der Waals surface area contributed by atoms with Gasteiger partial charge in [-0.3, -0.25) is 0 Å². The van der Waals surface area contributed by atoms with Gasteiger partial charge in [0, 0.05) is 17.8 Å². The Bertz CT molecular complexity index is 573. The third-order valence-electron chi connectivity index (χ3n) is 2.44. The second kappa shape index (κ2) is 5.57. The number of aromatic nitrogens is 1. The number of halogens is 2. The van der Waals surface area contributed by atoms with E-state index in [-0.39, 0.29) is 0 Å². The van der Waals surface area contributed by atoms with Crippen LogP contribution in [-0.2, 0) is 6.54 Å². The van der Waals surface area contributed by atoms with Crippen molar-refractivity contribution in [3.63, 3.8) is 0 Å². The number of nitrogens with zero attached hydrogens (tertiary/aromatic N) is 1. The minimum atomic E-state index is 0.360. The van der Waals surface area contributed by atoms with Crippen molar-refractivity contribution < 1.29 is 4.74 Å². The summed E-state index contributed by atoms with van der Waals surface area (Å²) in [6, 6.07) is 7.10. The molecule has 0 aliphatic carbocycles. The van der Waals surface area contributed by atoms with Gasteiger partial charge in [0.2, 0.25) is 5.88 Å². The van der Waals surface area contributed by atoms with E-state index in [9.17, 15) is 0 Å². The van der Waals surface area contributed by atoms with Crippen LogP contribution >= 0.6 is 23.2 Å². The first kappa shape index (κ1) is 13.1. The van der Waals surface area contributed by atoms with Crippen LogP contribution in [0.3, 0.4) is 0 Å². The van der Waals surface area contributed by atoms with Crippen molar-refractivity contribution in [2.24, 2.45) is 5.73 Å². The van der Waals surface area contributed by atoms with Gasteiger partial charge in [-0.25, -0.2) is 4.98 Å². The Morgan fingerprint density at radius 1 is 1.28 bits per heavy atom. The van der Waals surface area contributed by atoms with E-state index < -0.39 is 0 Å². The van der Waals surface area contributed by atoms with Crippen LogP contribution in [0.1, 0.15) is 11.1 Å². The van der Waals surface area contributed by atoms with Gasteiger partial charge in [0.25, 0.3) is 0 Å². The quantitative estimate of drug-likeness (QED) is 0.927. The van der Waals surface area contributed by atoms with Gasteiger partial charge in [0.1, 0.15) is 10.8 Å². The van der Waals surface area contributed by atoms with Crippen molar-refractivity contribution >= 4 is 23.2 Å². The van der Waals surface area contributed by atoms with Crippen LogP contribution in [0.15, 0.2) is 30.5 Å². The largest absolute Gasteiger partial charge is 0.437 e. The van der Waals surface area contributed by atoms with Crippen LogP contribution in [0.25, 0.3) is 0 Å². The number of benzene rings is 1. The standard InChI is InChI=1S/C13H12Cl2N2O/c1-8-4-10(14)2-3-12(8)18-13-11(15)5-9(6-16)7-17-13/h2-5,7H,6,16H2,1H3. The van der Waals surface area contributed by atoms with Crippen molar-refractivity contribution in [1.82, 2.24) is 4.98 Å². The number of rotatable bonds is 3. The van der Waals surface area contributed by atoms with Crippen molar-refractivity contribution in [2.75, 3.05) is 0 Å². The zero-order valence-corrected chi connectivity index (χ0v) is 11.3. The summed E-state index contributed by atoms with van der Waals surface area (Å²) in [4.78, 5) is 4.14. The molecule has 0 saturated heterocycles. The lowest BCUT2D eigenvalue weighted by Gasteiger charge is -2.09. The highest BCUT2D eigenvalue weighted by molar-refractivity contribution is 6.32. The molecule has 2 aromatic rings. The lowest BCUT2D eigenvalue weighted by Crippen LogP contribution is -1.98. The molecule has 94 valence electrons. The molecule has 0 spiro atoms. The molecular formula is C13H12Cl2N2O.